The van der Waals surface area contributed by atoms with Crippen LogP contribution in [0.4, 0.5) is 0 Å². The highest BCUT2D eigenvalue weighted by Crippen LogP contribution is 2.34. The molecule has 1 aromatic rings. The van der Waals surface area contributed by atoms with Gasteiger partial charge in [0.15, 0.2) is 0 Å². The predicted molar refractivity (Wildman–Crippen MR) is 168 cm³/mol. The normalized spacial score (nSPS) is 11.8. The number of aliphatic hydroxyl groups is 1. The van der Waals surface area contributed by atoms with Crippen LogP contribution in [0.3, 0.4) is 0 Å². The van der Waals surface area contributed by atoms with E-state index in [1.165, 1.54) is 5.56 Å². The van der Waals surface area contributed by atoms with Crippen LogP contribution < -0.4 is 0 Å². The van der Waals surface area contributed by atoms with Crippen molar-refractivity contribution in [3.05, 3.63) is 48.2 Å². The van der Waals surface area contributed by atoms with Gasteiger partial charge in [-0.3, -0.25) is 4.79 Å². The molecule has 2 atom stereocenters. The number of thioether (sulfide) groups is 1. The van der Waals surface area contributed by atoms with E-state index < -0.39 is 11.5 Å². The van der Waals surface area contributed by atoms with Crippen molar-refractivity contribution >= 4 is 17.7 Å². The maximum absolute atomic E-state index is 12.6. The molecule has 37 heavy (non-hydrogen) atoms. The molecule has 0 aliphatic rings. The molecule has 0 fully saturated rings. The van der Waals surface area contributed by atoms with Gasteiger partial charge in [0.1, 0.15) is 25.1 Å². The van der Waals surface area contributed by atoms with Gasteiger partial charge in [-0.25, -0.2) is 0 Å². The van der Waals surface area contributed by atoms with Crippen LogP contribution in [0.25, 0.3) is 0 Å². The number of esters is 1. The minimum absolute atomic E-state index is 0. The second-order valence-electron chi connectivity index (χ2n) is 9.82. The van der Waals surface area contributed by atoms with Crippen LogP contribution in [0.2, 0.25) is 0 Å². The molecule has 1 N–H and O–H groups in total. The minimum atomic E-state index is -0.967. The summed E-state index contributed by atoms with van der Waals surface area (Å²) in [5.41, 5.74) is 0.793. The highest BCUT2D eigenvalue weighted by molar-refractivity contribution is 7.99. The number of hydrogen-bond acceptors (Lipinski definition) is 6. The molecule has 0 aliphatic carbocycles. The standard InChI is InChI=1S/C25H40O5S.6CH4/c1-8-20(21-12-10-9-11-13-21)14-25(6,7)23(27)28-15-22(26)16-29-30-19(2)17-31-18-24(3,4)5;;;;;;/h9-13,20,22,26H,2,8,14-18H2,1,3-7H3;6*1H4. The summed E-state index contributed by atoms with van der Waals surface area (Å²) in [6.07, 6.45) is 0.645. The van der Waals surface area contributed by atoms with Crippen LogP contribution >= 0.6 is 11.8 Å². The van der Waals surface area contributed by atoms with E-state index in [-0.39, 0.29) is 75.1 Å². The first-order valence-electron chi connectivity index (χ1n) is 10.9. The largest absolute Gasteiger partial charge is 0.462 e. The Balaban J connectivity index is -0.000000400. The Morgan fingerprint density at radius 2 is 1.51 bits per heavy atom. The first-order chi connectivity index (χ1) is 14.4. The lowest BCUT2D eigenvalue weighted by molar-refractivity contribution is -0.275. The third-order valence-corrected chi connectivity index (χ3v) is 6.31. The number of ether oxygens (including phenoxy) is 1. The van der Waals surface area contributed by atoms with Crippen LogP contribution in [0.5, 0.6) is 0 Å². The van der Waals surface area contributed by atoms with Crippen LogP contribution in [0.15, 0.2) is 42.7 Å². The number of benzene rings is 1. The van der Waals surface area contributed by atoms with Crippen molar-refractivity contribution in [3.63, 3.8) is 0 Å². The summed E-state index contributed by atoms with van der Waals surface area (Å²) in [5, 5.41) is 10.0. The second-order valence-corrected chi connectivity index (χ2v) is 10.8. The molecule has 0 saturated heterocycles. The minimum Gasteiger partial charge on any atom is -0.462 e. The summed E-state index contributed by atoms with van der Waals surface area (Å²) < 4.78 is 5.36. The van der Waals surface area contributed by atoms with E-state index in [2.05, 4.69) is 46.4 Å². The molecule has 0 amide bonds. The number of carbonyl (C=O) groups is 1. The zero-order valence-electron chi connectivity index (χ0n) is 20.0. The van der Waals surface area contributed by atoms with Gasteiger partial charge in [-0.05, 0) is 49.3 Å². The third-order valence-electron chi connectivity index (χ3n) is 4.72. The Bertz CT molecular complexity index is 668. The molecule has 5 nitrogen and oxygen atoms in total. The fraction of sp³-hybridized carbons (Fsp3) is 0.710. The number of carbonyl (C=O) groups excluding carboxylic acids is 1. The van der Waals surface area contributed by atoms with E-state index in [1.807, 2.05) is 32.0 Å². The van der Waals surface area contributed by atoms with E-state index in [1.54, 1.807) is 11.8 Å². The Morgan fingerprint density at radius 3 is 2.00 bits per heavy atom. The van der Waals surface area contributed by atoms with Crippen molar-refractivity contribution < 1.29 is 24.4 Å². The van der Waals surface area contributed by atoms with Crippen molar-refractivity contribution in [1.29, 1.82) is 0 Å². The number of rotatable bonds is 14. The molecule has 1 rings (SSSR count). The summed E-state index contributed by atoms with van der Waals surface area (Å²) in [7, 11) is 0. The van der Waals surface area contributed by atoms with Gasteiger partial charge in [-0.2, -0.15) is 16.6 Å². The van der Waals surface area contributed by atoms with Crippen LogP contribution in [-0.2, 0) is 19.3 Å². The third kappa shape index (κ3) is 21.2. The van der Waals surface area contributed by atoms with Gasteiger partial charge < -0.3 is 14.7 Å². The first-order valence-corrected chi connectivity index (χ1v) is 12.1. The molecule has 0 aromatic heterocycles. The Hall–Kier alpha value is -1.50. The molecule has 2 unspecified atom stereocenters. The highest BCUT2D eigenvalue weighted by atomic mass is 32.2. The molecule has 0 spiro atoms. The van der Waals surface area contributed by atoms with Crippen molar-refractivity contribution in [2.75, 3.05) is 24.7 Å². The van der Waals surface area contributed by atoms with Crippen LogP contribution in [-0.4, -0.2) is 41.9 Å². The molecule has 0 radical (unpaired) electrons. The zero-order valence-corrected chi connectivity index (χ0v) is 20.8. The van der Waals surface area contributed by atoms with Crippen LogP contribution in [0.1, 0.15) is 110 Å². The molecule has 0 heterocycles. The molecular formula is C31H64O5S. The van der Waals surface area contributed by atoms with Gasteiger partial charge in [-0.1, -0.05) is 109 Å². The smallest absolute Gasteiger partial charge is 0.311 e. The van der Waals surface area contributed by atoms with Gasteiger partial charge in [-0.15, -0.1) is 0 Å². The summed E-state index contributed by atoms with van der Waals surface area (Å²) in [4.78, 5) is 22.8. The van der Waals surface area contributed by atoms with Gasteiger partial charge in [0.05, 0.1) is 11.2 Å². The maximum atomic E-state index is 12.6. The molecule has 224 valence electrons. The van der Waals surface area contributed by atoms with Crippen molar-refractivity contribution in [1.82, 2.24) is 0 Å². The lowest BCUT2D eigenvalue weighted by Crippen LogP contribution is -2.32. The summed E-state index contributed by atoms with van der Waals surface area (Å²) in [6.45, 7) is 16.0. The van der Waals surface area contributed by atoms with E-state index in [4.69, 9.17) is 14.5 Å². The van der Waals surface area contributed by atoms with E-state index in [0.29, 0.717) is 17.9 Å². The highest BCUT2D eigenvalue weighted by Gasteiger charge is 2.33. The molecule has 0 saturated carbocycles. The summed E-state index contributed by atoms with van der Waals surface area (Å²) in [5.74, 6) is 2.03. The second kappa shape index (κ2) is 23.6. The molecular weight excluding hydrogens is 484 g/mol. The Labute approximate surface area is 236 Å². The molecule has 0 bridgehead atoms. The quantitative estimate of drug-likeness (QED) is 0.108. The van der Waals surface area contributed by atoms with Crippen molar-refractivity contribution in [2.24, 2.45) is 10.8 Å². The molecule has 1 aromatic carbocycles. The van der Waals surface area contributed by atoms with Crippen molar-refractivity contribution in [2.45, 2.75) is 111 Å². The van der Waals surface area contributed by atoms with E-state index >= 15 is 0 Å². The van der Waals surface area contributed by atoms with Crippen LogP contribution in [0, 0.1) is 10.8 Å². The van der Waals surface area contributed by atoms with Gasteiger partial charge in [0, 0.05) is 0 Å². The maximum Gasteiger partial charge on any atom is 0.311 e. The van der Waals surface area contributed by atoms with E-state index in [9.17, 15) is 9.90 Å². The SMILES string of the molecule is C.C.C.C.C.C.C=C(CSCC(C)(C)C)OOCC(O)COC(=O)C(C)(C)CC(CC)c1ccccc1. The average Bonchev–Trinajstić information content (AvgIpc) is 2.69. The van der Waals surface area contributed by atoms with Gasteiger partial charge in [0.2, 0.25) is 0 Å². The van der Waals surface area contributed by atoms with E-state index in [0.717, 1.165) is 12.2 Å². The Kier molecular flexibility index (Phi) is 31.0. The fourth-order valence-electron chi connectivity index (χ4n) is 3.03. The zero-order chi connectivity index (χ0) is 23.5. The monoisotopic (exact) mass is 548 g/mol. The number of hydrogen-bond donors (Lipinski definition) is 1. The van der Waals surface area contributed by atoms with Gasteiger partial charge >= 0.3 is 5.97 Å². The van der Waals surface area contributed by atoms with Gasteiger partial charge in [0.25, 0.3) is 0 Å². The van der Waals surface area contributed by atoms with Crippen molar-refractivity contribution in [3.8, 4) is 0 Å². The lowest BCUT2D eigenvalue weighted by Gasteiger charge is -2.28. The fourth-order valence-corrected chi connectivity index (χ4v) is 4.02. The summed E-state index contributed by atoms with van der Waals surface area (Å²) in [6, 6.07) is 10.2. The molecule has 6 heteroatoms. The predicted octanol–water partition coefficient (Wildman–Crippen LogP) is 9.56. The Morgan fingerprint density at radius 1 is 0.973 bits per heavy atom. The molecule has 0 aliphatic heterocycles. The lowest BCUT2D eigenvalue weighted by atomic mass is 9.79. The average molecular weight is 549 g/mol. The topological polar surface area (TPSA) is 65.0 Å². The number of aliphatic hydroxyl groups excluding tert-OH is 1. The first kappa shape index (κ1) is 48.6. The summed E-state index contributed by atoms with van der Waals surface area (Å²) >= 11 is 1.71.